The number of methoxy groups -OCH3 is 1. The minimum Gasteiger partial charge on any atom is -0.497 e. The summed E-state index contributed by atoms with van der Waals surface area (Å²) in [7, 11) is 3.09. The van der Waals surface area contributed by atoms with Gasteiger partial charge in [-0.05, 0) is 56.2 Å². The number of hydrogen-bond donors (Lipinski definition) is 1. The Kier molecular flexibility index (Phi) is 8.83. The van der Waals surface area contributed by atoms with E-state index < -0.39 is 0 Å². The number of carbonyl (C=O) groups excluding carboxylic acids is 4. The number of likely N-dealkylation sites (tertiary alicyclic amines) is 1. The third kappa shape index (κ3) is 6.59. The number of rotatable bonds is 8. The van der Waals surface area contributed by atoms with Gasteiger partial charge in [-0.2, -0.15) is 0 Å². The van der Waals surface area contributed by atoms with Crippen LogP contribution in [-0.4, -0.2) is 73.9 Å². The van der Waals surface area contributed by atoms with Crippen molar-refractivity contribution in [1.82, 2.24) is 9.80 Å². The standard InChI is InChI=1S/C26H31N3O6/c1-4-35-26(33)19-13-15-29(16-14-19)23(30)17-28(2)25(32)21-7-5-6-8-22(21)27-24(31)18-9-11-20(34-3)12-10-18/h5-12,19H,4,13-17H2,1-3H3,(H,27,31). The highest BCUT2D eigenvalue weighted by atomic mass is 16.5. The van der Waals surface area contributed by atoms with Gasteiger partial charge >= 0.3 is 5.97 Å². The van der Waals surface area contributed by atoms with Crippen molar-refractivity contribution in [1.29, 1.82) is 0 Å². The smallest absolute Gasteiger partial charge is 0.309 e. The fourth-order valence-corrected chi connectivity index (χ4v) is 3.92. The number of anilines is 1. The fraction of sp³-hybridized carbons (Fsp3) is 0.385. The molecule has 0 bridgehead atoms. The van der Waals surface area contributed by atoms with Crippen LogP contribution in [0.4, 0.5) is 5.69 Å². The van der Waals surface area contributed by atoms with Crippen LogP contribution in [0.3, 0.4) is 0 Å². The molecular weight excluding hydrogens is 450 g/mol. The molecule has 0 saturated carbocycles. The summed E-state index contributed by atoms with van der Waals surface area (Å²) < 4.78 is 10.2. The summed E-state index contributed by atoms with van der Waals surface area (Å²) in [5.41, 5.74) is 1.06. The number of amides is 3. The Morgan fingerprint density at radius 3 is 2.31 bits per heavy atom. The molecule has 3 rings (SSSR count). The largest absolute Gasteiger partial charge is 0.497 e. The Labute approximate surface area is 205 Å². The third-order valence-electron chi connectivity index (χ3n) is 5.94. The molecule has 35 heavy (non-hydrogen) atoms. The van der Waals surface area contributed by atoms with E-state index in [-0.39, 0.29) is 41.7 Å². The van der Waals surface area contributed by atoms with E-state index in [2.05, 4.69) is 5.32 Å². The molecule has 1 N–H and O–H groups in total. The summed E-state index contributed by atoms with van der Waals surface area (Å²) in [6, 6.07) is 13.3. The molecule has 9 heteroatoms. The maximum absolute atomic E-state index is 13.1. The van der Waals surface area contributed by atoms with Gasteiger partial charge in [-0.25, -0.2) is 0 Å². The maximum atomic E-state index is 13.1. The van der Waals surface area contributed by atoms with E-state index in [1.54, 1.807) is 74.5 Å². The van der Waals surface area contributed by atoms with Crippen LogP contribution in [0, 0.1) is 5.92 Å². The Morgan fingerprint density at radius 2 is 1.69 bits per heavy atom. The summed E-state index contributed by atoms with van der Waals surface area (Å²) in [4.78, 5) is 53.5. The van der Waals surface area contributed by atoms with E-state index in [4.69, 9.17) is 9.47 Å². The first-order chi connectivity index (χ1) is 16.8. The molecule has 0 unspecified atom stereocenters. The summed E-state index contributed by atoms with van der Waals surface area (Å²) in [5.74, 6) is -0.724. The Morgan fingerprint density at radius 1 is 1.03 bits per heavy atom. The van der Waals surface area contributed by atoms with Gasteiger partial charge in [0.25, 0.3) is 11.8 Å². The molecule has 0 atom stereocenters. The summed E-state index contributed by atoms with van der Waals surface area (Å²) in [6.45, 7) is 2.89. The van der Waals surface area contributed by atoms with E-state index in [1.165, 1.54) is 4.90 Å². The number of likely N-dealkylation sites (N-methyl/N-ethyl adjacent to an activating group) is 1. The molecule has 0 spiro atoms. The van der Waals surface area contributed by atoms with Gasteiger partial charge in [0.1, 0.15) is 5.75 Å². The van der Waals surface area contributed by atoms with Gasteiger partial charge in [0.05, 0.1) is 37.4 Å². The van der Waals surface area contributed by atoms with Gasteiger partial charge in [0.2, 0.25) is 5.91 Å². The number of hydrogen-bond acceptors (Lipinski definition) is 6. The minimum atomic E-state index is -0.384. The van der Waals surface area contributed by atoms with Crippen LogP contribution >= 0.6 is 0 Å². The van der Waals surface area contributed by atoms with E-state index in [0.717, 1.165) is 0 Å². The minimum absolute atomic E-state index is 0.107. The van der Waals surface area contributed by atoms with Crippen molar-refractivity contribution in [2.45, 2.75) is 19.8 Å². The number of para-hydroxylation sites is 1. The molecule has 2 aromatic rings. The van der Waals surface area contributed by atoms with Gasteiger partial charge in [-0.15, -0.1) is 0 Å². The normalized spacial score (nSPS) is 13.6. The average molecular weight is 482 g/mol. The molecule has 186 valence electrons. The molecule has 0 aliphatic carbocycles. The van der Waals surface area contributed by atoms with E-state index in [1.807, 2.05) is 0 Å². The predicted molar refractivity (Wildman–Crippen MR) is 130 cm³/mol. The van der Waals surface area contributed by atoms with Gasteiger partial charge in [-0.1, -0.05) is 12.1 Å². The number of piperidine rings is 1. The molecule has 0 radical (unpaired) electrons. The Hall–Kier alpha value is -3.88. The SMILES string of the molecule is CCOC(=O)C1CCN(C(=O)CN(C)C(=O)c2ccccc2NC(=O)c2ccc(OC)cc2)CC1. The quantitative estimate of drug-likeness (QED) is 0.582. The second-order valence-electron chi connectivity index (χ2n) is 8.30. The third-order valence-corrected chi connectivity index (χ3v) is 5.94. The van der Waals surface area contributed by atoms with Crippen molar-refractivity contribution in [3.8, 4) is 5.75 Å². The van der Waals surface area contributed by atoms with Crippen LogP contribution in [0.15, 0.2) is 48.5 Å². The first-order valence-electron chi connectivity index (χ1n) is 11.6. The van der Waals surface area contributed by atoms with Crippen molar-refractivity contribution in [3.63, 3.8) is 0 Å². The second kappa shape index (κ2) is 12.0. The molecule has 2 aromatic carbocycles. The molecule has 9 nitrogen and oxygen atoms in total. The number of nitrogens with one attached hydrogen (secondary N) is 1. The molecule has 0 aromatic heterocycles. The highest BCUT2D eigenvalue weighted by Crippen LogP contribution is 2.21. The van der Waals surface area contributed by atoms with Gasteiger partial charge in [-0.3, -0.25) is 19.2 Å². The zero-order valence-corrected chi connectivity index (χ0v) is 20.3. The molecule has 3 amide bonds. The van der Waals surface area contributed by atoms with Crippen LogP contribution in [0.25, 0.3) is 0 Å². The van der Waals surface area contributed by atoms with E-state index in [0.29, 0.717) is 49.5 Å². The monoisotopic (exact) mass is 481 g/mol. The molecule has 1 aliphatic rings. The predicted octanol–water partition coefficient (Wildman–Crippen LogP) is 2.82. The number of esters is 1. The van der Waals surface area contributed by atoms with E-state index in [9.17, 15) is 19.2 Å². The first-order valence-corrected chi connectivity index (χ1v) is 11.6. The summed E-state index contributed by atoms with van der Waals surface area (Å²) in [5, 5.41) is 2.78. The lowest BCUT2D eigenvalue weighted by Gasteiger charge is -2.32. The lowest BCUT2D eigenvalue weighted by Crippen LogP contribution is -2.45. The van der Waals surface area contributed by atoms with Gasteiger partial charge in [0.15, 0.2) is 0 Å². The second-order valence-corrected chi connectivity index (χ2v) is 8.30. The van der Waals surface area contributed by atoms with Crippen LogP contribution < -0.4 is 10.1 Å². The highest BCUT2D eigenvalue weighted by Gasteiger charge is 2.29. The maximum Gasteiger partial charge on any atom is 0.309 e. The average Bonchev–Trinajstić information content (AvgIpc) is 2.88. The van der Waals surface area contributed by atoms with Crippen molar-refractivity contribution in [2.24, 2.45) is 5.92 Å². The van der Waals surface area contributed by atoms with Gasteiger partial charge in [0, 0.05) is 25.7 Å². The molecule has 1 heterocycles. The molecular formula is C26H31N3O6. The van der Waals surface area contributed by atoms with Crippen LogP contribution in [-0.2, 0) is 14.3 Å². The van der Waals surface area contributed by atoms with Crippen LogP contribution in [0.1, 0.15) is 40.5 Å². The van der Waals surface area contributed by atoms with Crippen LogP contribution in [0.2, 0.25) is 0 Å². The van der Waals surface area contributed by atoms with Gasteiger partial charge < -0.3 is 24.6 Å². The zero-order valence-electron chi connectivity index (χ0n) is 20.3. The van der Waals surface area contributed by atoms with Crippen molar-refractivity contribution in [3.05, 3.63) is 59.7 Å². The lowest BCUT2D eigenvalue weighted by atomic mass is 9.97. The Bertz CT molecular complexity index is 1060. The van der Waals surface area contributed by atoms with Crippen molar-refractivity contribution >= 4 is 29.4 Å². The van der Waals surface area contributed by atoms with Crippen LogP contribution in [0.5, 0.6) is 5.75 Å². The first kappa shape index (κ1) is 25.7. The van der Waals surface area contributed by atoms with Crippen molar-refractivity contribution < 1.29 is 28.7 Å². The summed E-state index contributed by atoms with van der Waals surface area (Å²) >= 11 is 0. The highest BCUT2D eigenvalue weighted by molar-refractivity contribution is 6.09. The molecule has 1 fully saturated rings. The number of ether oxygens (including phenoxy) is 2. The molecule has 1 aliphatic heterocycles. The molecule has 1 saturated heterocycles. The summed E-state index contributed by atoms with van der Waals surface area (Å²) in [6.07, 6.45) is 1.09. The van der Waals surface area contributed by atoms with E-state index >= 15 is 0 Å². The zero-order chi connectivity index (χ0) is 25.4. The lowest BCUT2D eigenvalue weighted by molar-refractivity contribution is -0.151. The fourth-order valence-electron chi connectivity index (χ4n) is 3.92. The van der Waals surface area contributed by atoms with Crippen molar-refractivity contribution in [2.75, 3.05) is 45.7 Å². The number of benzene rings is 2. The number of carbonyl (C=O) groups is 4. The topological polar surface area (TPSA) is 105 Å². The Balaban J connectivity index is 1.60. The number of nitrogens with zero attached hydrogens (tertiary/aromatic N) is 2.